The van der Waals surface area contributed by atoms with Gasteiger partial charge in [0, 0.05) is 38.4 Å². The number of nitrogens with one attached hydrogen (secondary N) is 1. The molecular weight excluding hydrogens is 853 g/mol. The van der Waals surface area contributed by atoms with Crippen LogP contribution in [0.4, 0.5) is 0 Å². The van der Waals surface area contributed by atoms with E-state index in [1.807, 2.05) is 6.07 Å². The molecule has 12 aromatic carbocycles. The lowest BCUT2D eigenvalue weighted by molar-refractivity contribution is 0.669. The Morgan fingerprint density at radius 3 is 1.81 bits per heavy atom. The summed E-state index contributed by atoms with van der Waals surface area (Å²) >= 11 is 0. The molecule has 3 heterocycles. The number of para-hydroxylation sites is 1. The van der Waals surface area contributed by atoms with Crippen molar-refractivity contribution < 1.29 is 4.42 Å². The Morgan fingerprint density at radius 2 is 1.03 bits per heavy atom. The molecule has 0 radical (unpaired) electrons. The Hall–Kier alpha value is -9.32. The van der Waals surface area contributed by atoms with Crippen LogP contribution in [-0.2, 0) is 0 Å². The SMILES string of the molecule is c1ccc(C2=NC(c3ccc4c5ccccc5c5ccccc5c4c3)NC(c3ccc(-n4c5ccccc5c5cc6ccccc6cc54)cc3-c3cccc4oc5ccc6ccccc6c5c34)=N2)cc1. The second-order valence-electron chi connectivity index (χ2n) is 18.5. The van der Waals surface area contributed by atoms with Gasteiger partial charge >= 0.3 is 0 Å². The third-order valence-corrected chi connectivity index (χ3v) is 14.6. The van der Waals surface area contributed by atoms with Gasteiger partial charge in [0.15, 0.2) is 5.84 Å². The summed E-state index contributed by atoms with van der Waals surface area (Å²) in [7, 11) is 0. The summed E-state index contributed by atoms with van der Waals surface area (Å²) in [6, 6.07) is 82.9. The first-order valence-electron chi connectivity index (χ1n) is 23.9. The van der Waals surface area contributed by atoms with E-state index in [9.17, 15) is 0 Å². The maximum Gasteiger partial charge on any atom is 0.159 e. The van der Waals surface area contributed by atoms with Gasteiger partial charge in [-0.25, -0.2) is 9.98 Å². The molecular formula is C65H40N4O. The topological polar surface area (TPSA) is 54.8 Å². The molecule has 14 aromatic rings. The number of fused-ring (bicyclic) bond motifs is 15. The van der Waals surface area contributed by atoms with E-state index >= 15 is 0 Å². The van der Waals surface area contributed by atoms with E-state index in [-0.39, 0.29) is 0 Å². The highest BCUT2D eigenvalue weighted by Gasteiger charge is 2.26. The number of benzene rings is 12. The number of hydrogen-bond acceptors (Lipinski definition) is 4. The van der Waals surface area contributed by atoms with Gasteiger partial charge in [-0.1, -0.05) is 176 Å². The quantitative estimate of drug-likeness (QED) is 0.175. The Kier molecular flexibility index (Phi) is 8.36. The summed E-state index contributed by atoms with van der Waals surface area (Å²) < 4.78 is 9.16. The Morgan fingerprint density at radius 1 is 0.386 bits per heavy atom. The fraction of sp³-hybridized carbons (Fsp3) is 0.0154. The molecule has 326 valence electrons. The van der Waals surface area contributed by atoms with Crippen molar-refractivity contribution in [2.75, 3.05) is 0 Å². The summed E-state index contributed by atoms with van der Waals surface area (Å²) in [5.74, 6) is 1.41. The molecule has 2 aromatic heterocycles. The van der Waals surface area contributed by atoms with Gasteiger partial charge in [-0.15, -0.1) is 0 Å². The zero-order valence-electron chi connectivity index (χ0n) is 37.8. The van der Waals surface area contributed by atoms with Crippen LogP contribution in [0.1, 0.15) is 22.9 Å². The van der Waals surface area contributed by atoms with Crippen LogP contribution >= 0.6 is 0 Å². The Labute approximate surface area is 401 Å². The summed E-state index contributed by atoms with van der Waals surface area (Å²) in [6.45, 7) is 0. The van der Waals surface area contributed by atoms with Crippen LogP contribution in [0.5, 0.6) is 0 Å². The second-order valence-corrected chi connectivity index (χ2v) is 18.5. The van der Waals surface area contributed by atoms with Gasteiger partial charge in [-0.3, -0.25) is 0 Å². The van der Waals surface area contributed by atoms with Gasteiger partial charge in [0.2, 0.25) is 0 Å². The highest BCUT2D eigenvalue weighted by atomic mass is 16.3. The Balaban J connectivity index is 0.992. The lowest BCUT2D eigenvalue weighted by Crippen LogP contribution is -2.34. The zero-order valence-corrected chi connectivity index (χ0v) is 37.8. The first-order chi connectivity index (χ1) is 34.7. The number of hydrogen-bond donors (Lipinski definition) is 1. The van der Waals surface area contributed by atoms with Crippen molar-refractivity contribution in [3.8, 4) is 16.8 Å². The molecule has 5 heteroatoms. The number of nitrogens with zero attached hydrogens (tertiary/aromatic N) is 3. The molecule has 0 amide bonds. The average molecular weight is 893 g/mol. The van der Waals surface area contributed by atoms with Crippen molar-refractivity contribution in [2.24, 2.45) is 9.98 Å². The van der Waals surface area contributed by atoms with Crippen LogP contribution in [-0.4, -0.2) is 16.2 Å². The standard InChI is InChI=1S/C65H40N4O/c1-2-16-40(17-3-1)63-66-64(43-29-32-50-48-23-9-8-21-46(48)47-22-10-11-24-49(47)54(50)36-43)68-65(67-63)53-33-31-44(69-57-27-13-12-25-51(57)56-35-41-18-4-5-19-42(41)37-58(56)69)38-55(53)52-26-14-28-59-62(52)61-45-20-7-6-15-39(45)30-34-60(61)70-59/h1-38,64H,(H,66,67,68). The van der Waals surface area contributed by atoms with Crippen molar-refractivity contribution in [3.05, 3.63) is 247 Å². The van der Waals surface area contributed by atoms with Gasteiger partial charge in [0.25, 0.3) is 0 Å². The normalized spacial score (nSPS) is 14.1. The largest absolute Gasteiger partial charge is 0.456 e. The molecule has 0 aliphatic carbocycles. The molecule has 0 saturated heterocycles. The maximum absolute atomic E-state index is 6.74. The second kappa shape index (κ2) is 15.1. The summed E-state index contributed by atoms with van der Waals surface area (Å²) in [5, 5.41) is 20.6. The van der Waals surface area contributed by atoms with Crippen molar-refractivity contribution in [1.82, 2.24) is 9.88 Å². The lowest BCUT2D eigenvalue weighted by Gasteiger charge is -2.26. The molecule has 0 spiro atoms. The van der Waals surface area contributed by atoms with Crippen molar-refractivity contribution in [3.63, 3.8) is 0 Å². The monoisotopic (exact) mass is 892 g/mol. The smallest absolute Gasteiger partial charge is 0.159 e. The lowest BCUT2D eigenvalue weighted by atomic mass is 9.92. The van der Waals surface area contributed by atoms with Gasteiger partial charge in [-0.2, -0.15) is 0 Å². The number of amidine groups is 2. The molecule has 0 bridgehead atoms. The van der Waals surface area contributed by atoms with E-state index in [1.54, 1.807) is 0 Å². The molecule has 1 aliphatic rings. The average Bonchev–Trinajstić information content (AvgIpc) is 3.98. The molecule has 15 rings (SSSR count). The number of rotatable bonds is 5. The van der Waals surface area contributed by atoms with E-state index < -0.39 is 6.17 Å². The van der Waals surface area contributed by atoms with E-state index in [0.717, 1.165) is 77.7 Å². The van der Waals surface area contributed by atoms with E-state index in [2.05, 4.69) is 234 Å². The van der Waals surface area contributed by atoms with Crippen LogP contribution < -0.4 is 5.32 Å². The van der Waals surface area contributed by atoms with Crippen LogP contribution in [0, 0.1) is 0 Å². The van der Waals surface area contributed by atoms with E-state index in [1.165, 1.54) is 59.2 Å². The minimum atomic E-state index is -0.440. The summed E-state index contributed by atoms with van der Waals surface area (Å²) in [5.41, 5.74) is 10.1. The molecule has 5 nitrogen and oxygen atoms in total. The van der Waals surface area contributed by atoms with Gasteiger partial charge in [-0.05, 0) is 125 Å². The fourth-order valence-corrected chi connectivity index (χ4v) is 11.4. The van der Waals surface area contributed by atoms with Crippen LogP contribution in [0.15, 0.2) is 245 Å². The highest BCUT2D eigenvalue weighted by Crippen LogP contribution is 2.44. The number of furan rings is 1. The summed E-state index contributed by atoms with van der Waals surface area (Å²) in [4.78, 5) is 10.9. The number of aromatic nitrogens is 1. The third kappa shape index (κ3) is 5.85. The number of aliphatic imine (C=N–C) groups is 2. The first-order valence-corrected chi connectivity index (χ1v) is 23.9. The molecule has 70 heavy (non-hydrogen) atoms. The van der Waals surface area contributed by atoms with Crippen LogP contribution in [0.3, 0.4) is 0 Å². The molecule has 0 fully saturated rings. The predicted molar refractivity (Wildman–Crippen MR) is 293 cm³/mol. The summed E-state index contributed by atoms with van der Waals surface area (Å²) in [6.07, 6.45) is -0.440. The van der Waals surface area contributed by atoms with Crippen molar-refractivity contribution >= 4 is 109 Å². The fourth-order valence-electron chi connectivity index (χ4n) is 11.4. The van der Waals surface area contributed by atoms with Crippen LogP contribution in [0.2, 0.25) is 0 Å². The van der Waals surface area contributed by atoms with E-state index in [0.29, 0.717) is 5.84 Å². The maximum atomic E-state index is 6.74. The van der Waals surface area contributed by atoms with Gasteiger partial charge in [0.05, 0.1) is 11.0 Å². The van der Waals surface area contributed by atoms with Gasteiger partial charge in [0.1, 0.15) is 23.2 Å². The van der Waals surface area contributed by atoms with Gasteiger partial charge < -0.3 is 14.3 Å². The third-order valence-electron chi connectivity index (χ3n) is 14.6. The van der Waals surface area contributed by atoms with Crippen molar-refractivity contribution in [1.29, 1.82) is 0 Å². The molecule has 1 N–H and O–H groups in total. The minimum absolute atomic E-state index is 0.440. The molecule has 1 unspecified atom stereocenters. The van der Waals surface area contributed by atoms with Crippen molar-refractivity contribution in [2.45, 2.75) is 6.17 Å². The molecule has 0 saturated carbocycles. The predicted octanol–water partition coefficient (Wildman–Crippen LogP) is 16.6. The van der Waals surface area contributed by atoms with Crippen LogP contribution in [0.25, 0.3) is 114 Å². The zero-order chi connectivity index (χ0) is 45.9. The molecule has 1 aliphatic heterocycles. The molecule has 1 atom stereocenters. The minimum Gasteiger partial charge on any atom is -0.456 e. The van der Waals surface area contributed by atoms with E-state index in [4.69, 9.17) is 14.4 Å². The first kappa shape index (κ1) is 38.8. The highest BCUT2D eigenvalue weighted by molar-refractivity contribution is 6.27. The Bertz CT molecular complexity index is 4540.